The Morgan fingerprint density at radius 3 is 1.63 bits per heavy atom. The third-order valence-corrected chi connectivity index (χ3v) is 9.32. The van der Waals surface area contributed by atoms with Crippen LogP contribution in [-0.4, -0.2) is 89.9 Å². The maximum Gasteiger partial charge on any atom is 0.187 e. The molecule has 0 bridgehead atoms. The molecular formula is C40H44O11. The Balaban J connectivity index is 1.16. The van der Waals surface area contributed by atoms with Crippen molar-refractivity contribution in [1.82, 2.24) is 0 Å². The van der Waals surface area contributed by atoms with Gasteiger partial charge < -0.3 is 53.2 Å². The smallest absolute Gasteiger partial charge is 0.187 e. The first kappa shape index (κ1) is 35.8. The Morgan fingerprint density at radius 1 is 0.569 bits per heavy atom. The van der Waals surface area contributed by atoms with Gasteiger partial charge in [-0.1, -0.05) is 121 Å². The van der Waals surface area contributed by atoms with Gasteiger partial charge in [-0.05, 0) is 16.7 Å². The van der Waals surface area contributed by atoms with Gasteiger partial charge in [0.2, 0.25) is 0 Å². The average molecular weight is 701 g/mol. The summed E-state index contributed by atoms with van der Waals surface area (Å²) in [6.45, 7) is 0.281. The molecule has 3 fully saturated rings. The van der Waals surface area contributed by atoms with Gasteiger partial charge in [0.05, 0.1) is 33.0 Å². The van der Waals surface area contributed by atoms with Crippen LogP contribution in [0.3, 0.4) is 0 Å². The van der Waals surface area contributed by atoms with Crippen LogP contribution < -0.4 is 0 Å². The van der Waals surface area contributed by atoms with E-state index in [1.54, 1.807) is 0 Å². The number of benzene rings is 4. The van der Waals surface area contributed by atoms with Crippen LogP contribution in [-0.2, 0) is 57.7 Å². The largest absolute Gasteiger partial charge is 0.394 e. The zero-order chi connectivity index (χ0) is 35.0. The van der Waals surface area contributed by atoms with E-state index in [1.807, 2.05) is 121 Å². The molecule has 11 heteroatoms. The van der Waals surface area contributed by atoms with Gasteiger partial charge in [-0.15, -0.1) is 0 Å². The van der Waals surface area contributed by atoms with Crippen molar-refractivity contribution in [3.8, 4) is 0 Å². The van der Waals surface area contributed by atoms with Crippen LogP contribution in [0.2, 0.25) is 0 Å². The third-order valence-electron chi connectivity index (χ3n) is 9.32. The second-order valence-electron chi connectivity index (χ2n) is 12.8. The summed E-state index contributed by atoms with van der Waals surface area (Å²) in [6.07, 6.45) is -11.3. The Kier molecular flexibility index (Phi) is 12.2. The van der Waals surface area contributed by atoms with Crippen molar-refractivity contribution in [3.63, 3.8) is 0 Å². The maximum absolute atomic E-state index is 11.7. The van der Waals surface area contributed by atoms with E-state index in [0.29, 0.717) is 0 Å². The van der Waals surface area contributed by atoms with Gasteiger partial charge in [0.25, 0.3) is 0 Å². The minimum atomic E-state index is -1.55. The highest BCUT2D eigenvalue weighted by Gasteiger charge is 2.54. The number of hydrogen-bond donors (Lipinski definition) is 3. The fourth-order valence-electron chi connectivity index (χ4n) is 6.67. The molecule has 3 saturated heterocycles. The Bertz CT molecular complexity index is 1600. The van der Waals surface area contributed by atoms with Gasteiger partial charge in [0.1, 0.15) is 48.8 Å². The molecule has 0 saturated carbocycles. The van der Waals surface area contributed by atoms with Gasteiger partial charge in [-0.25, -0.2) is 0 Å². The molecule has 3 aliphatic heterocycles. The van der Waals surface area contributed by atoms with Crippen molar-refractivity contribution in [2.45, 2.75) is 87.5 Å². The summed E-state index contributed by atoms with van der Waals surface area (Å²) in [5.41, 5.74) is 3.53. The van der Waals surface area contributed by atoms with E-state index in [0.717, 1.165) is 22.3 Å². The van der Waals surface area contributed by atoms with E-state index in [2.05, 4.69) is 0 Å². The highest BCUT2D eigenvalue weighted by Crippen LogP contribution is 2.37. The average Bonchev–Trinajstić information content (AvgIpc) is 3.18. The van der Waals surface area contributed by atoms with Crippen LogP contribution in [0.15, 0.2) is 121 Å². The molecule has 11 atom stereocenters. The quantitative estimate of drug-likeness (QED) is 0.187. The Hall–Kier alpha value is -3.56. The van der Waals surface area contributed by atoms with E-state index in [4.69, 9.17) is 37.9 Å². The summed E-state index contributed by atoms with van der Waals surface area (Å²) in [5, 5.41) is 33.5. The molecule has 270 valence electrons. The number of fused-ring (bicyclic) bond motifs is 1. The minimum absolute atomic E-state index is 0.0935. The second-order valence-corrected chi connectivity index (χ2v) is 12.8. The van der Waals surface area contributed by atoms with Gasteiger partial charge in [-0.3, -0.25) is 0 Å². The summed E-state index contributed by atoms with van der Waals surface area (Å²) >= 11 is 0. The molecule has 0 aromatic heterocycles. The number of aliphatic hydroxyl groups excluding tert-OH is 3. The molecule has 3 aliphatic rings. The first-order valence-electron chi connectivity index (χ1n) is 17.3. The van der Waals surface area contributed by atoms with E-state index in [1.165, 1.54) is 0 Å². The van der Waals surface area contributed by atoms with E-state index < -0.39 is 74.3 Å². The first-order chi connectivity index (χ1) is 25.1. The lowest BCUT2D eigenvalue weighted by molar-refractivity contribution is -0.393. The molecule has 11 nitrogen and oxygen atoms in total. The van der Waals surface area contributed by atoms with E-state index in [-0.39, 0.29) is 26.4 Å². The highest BCUT2D eigenvalue weighted by atomic mass is 16.8. The number of rotatable bonds is 13. The van der Waals surface area contributed by atoms with Crippen LogP contribution in [0.5, 0.6) is 0 Å². The minimum Gasteiger partial charge on any atom is -0.394 e. The van der Waals surface area contributed by atoms with Crippen molar-refractivity contribution >= 4 is 0 Å². The zero-order valence-corrected chi connectivity index (χ0v) is 28.0. The first-order valence-corrected chi connectivity index (χ1v) is 17.3. The van der Waals surface area contributed by atoms with Crippen molar-refractivity contribution < 1.29 is 53.2 Å². The summed E-state index contributed by atoms with van der Waals surface area (Å²) in [6, 6.07) is 38.4. The standard InChI is InChI=1S/C40H44O11/c41-21-30-34(44-22-26-13-5-1-6-14-26)36(45-23-27-15-7-2-8-16-27)37(46-24-28-17-9-3-10-18-28)40(49-30)51-35-32(42)33-31(48-38(35)43)25-47-39(50-33)29-19-11-4-12-20-29/h1-20,30-43H,21-25H2/t30-,31-,32+,33-,34-,35-,36+,37-,38+,39?,40-/m1/s1. The van der Waals surface area contributed by atoms with Crippen molar-refractivity contribution in [2.24, 2.45) is 0 Å². The van der Waals surface area contributed by atoms with Crippen molar-refractivity contribution in [2.75, 3.05) is 13.2 Å². The molecule has 3 N–H and O–H groups in total. The number of aliphatic hydroxyl groups is 3. The monoisotopic (exact) mass is 700 g/mol. The zero-order valence-electron chi connectivity index (χ0n) is 28.0. The molecule has 0 radical (unpaired) electrons. The van der Waals surface area contributed by atoms with E-state index in [9.17, 15) is 15.3 Å². The molecular weight excluding hydrogens is 656 g/mol. The van der Waals surface area contributed by atoms with Gasteiger partial charge in [0, 0.05) is 5.56 Å². The molecule has 0 aliphatic carbocycles. The van der Waals surface area contributed by atoms with Crippen LogP contribution >= 0.6 is 0 Å². The van der Waals surface area contributed by atoms with Crippen molar-refractivity contribution in [1.29, 1.82) is 0 Å². The summed E-state index contributed by atoms with van der Waals surface area (Å²) in [7, 11) is 0. The predicted octanol–water partition coefficient (Wildman–Crippen LogP) is 4.04. The lowest BCUT2D eigenvalue weighted by atomic mass is 9.96. The normalized spacial score (nSPS) is 32.3. The van der Waals surface area contributed by atoms with Gasteiger partial charge in [0.15, 0.2) is 18.9 Å². The third kappa shape index (κ3) is 8.74. The molecule has 4 aromatic rings. The number of ether oxygens (including phenoxy) is 8. The molecule has 7 rings (SSSR count). The van der Waals surface area contributed by atoms with Crippen LogP contribution in [0.4, 0.5) is 0 Å². The summed E-state index contributed by atoms with van der Waals surface area (Å²) in [5.74, 6) is 0. The predicted molar refractivity (Wildman–Crippen MR) is 183 cm³/mol. The summed E-state index contributed by atoms with van der Waals surface area (Å²) < 4.78 is 50.4. The van der Waals surface area contributed by atoms with Gasteiger partial charge in [-0.2, -0.15) is 0 Å². The maximum atomic E-state index is 11.7. The molecule has 51 heavy (non-hydrogen) atoms. The number of hydrogen-bond acceptors (Lipinski definition) is 11. The fourth-order valence-corrected chi connectivity index (χ4v) is 6.67. The van der Waals surface area contributed by atoms with Crippen LogP contribution in [0, 0.1) is 0 Å². The molecule has 0 amide bonds. The molecule has 3 heterocycles. The Labute approximate surface area is 297 Å². The molecule has 0 spiro atoms. The Morgan fingerprint density at radius 2 is 1.08 bits per heavy atom. The van der Waals surface area contributed by atoms with Crippen LogP contribution in [0.25, 0.3) is 0 Å². The SMILES string of the molecule is OC[C@H]1O[C@H](O[C@@H]2[C@@H](O)[C@@H]3OC(c4ccccc4)OC[C@H]3O[C@@H]2O)[C@H](OCc2ccccc2)[C@@H](OCc2ccccc2)[C@@H]1OCc1ccccc1. The second kappa shape index (κ2) is 17.3. The highest BCUT2D eigenvalue weighted by molar-refractivity contribution is 5.18. The van der Waals surface area contributed by atoms with E-state index >= 15 is 0 Å². The summed E-state index contributed by atoms with van der Waals surface area (Å²) in [4.78, 5) is 0. The topological polar surface area (TPSA) is 135 Å². The molecule has 4 aromatic carbocycles. The van der Waals surface area contributed by atoms with Crippen molar-refractivity contribution in [3.05, 3.63) is 144 Å². The lowest BCUT2D eigenvalue weighted by Gasteiger charge is -2.49. The van der Waals surface area contributed by atoms with Crippen LogP contribution in [0.1, 0.15) is 28.5 Å². The fraction of sp³-hybridized carbons (Fsp3) is 0.400. The molecule has 1 unspecified atom stereocenters. The van der Waals surface area contributed by atoms with Gasteiger partial charge >= 0.3 is 0 Å². The lowest BCUT2D eigenvalue weighted by Crippen LogP contribution is -2.66.